The molecule has 0 aromatic carbocycles. The summed E-state index contributed by atoms with van der Waals surface area (Å²) in [6, 6.07) is 0.561. The summed E-state index contributed by atoms with van der Waals surface area (Å²) in [5.41, 5.74) is 0. The summed E-state index contributed by atoms with van der Waals surface area (Å²) in [5, 5.41) is 3.55. The molecule has 1 aliphatic rings. The Labute approximate surface area is 87.2 Å². The van der Waals surface area contributed by atoms with Gasteiger partial charge in [0, 0.05) is 26.9 Å². The van der Waals surface area contributed by atoms with Crippen LogP contribution < -0.4 is 5.32 Å². The first-order valence-electron chi connectivity index (χ1n) is 5.63. The van der Waals surface area contributed by atoms with E-state index in [9.17, 15) is 0 Å². The average molecular weight is 201 g/mol. The molecule has 84 valence electrons. The van der Waals surface area contributed by atoms with E-state index in [4.69, 9.17) is 9.47 Å². The van der Waals surface area contributed by atoms with Gasteiger partial charge in [-0.25, -0.2) is 0 Å². The summed E-state index contributed by atoms with van der Waals surface area (Å²) in [4.78, 5) is 0. The molecule has 0 aromatic rings. The van der Waals surface area contributed by atoms with Crippen LogP contribution in [0.5, 0.6) is 0 Å². The van der Waals surface area contributed by atoms with Crippen LogP contribution in [0, 0.1) is 0 Å². The van der Waals surface area contributed by atoms with E-state index >= 15 is 0 Å². The number of hydrogen-bond donors (Lipinski definition) is 1. The first kappa shape index (κ1) is 12.0. The van der Waals surface area contributed by atoms with Crippen LogP contribution in [0.15, 0.2) is 0 Å². The maximum absolute atomic E-state index is 5.47. The van der Waals surface area contributed by atoms with Crippen molar-refractivity contribution in [3.63, 3.8) is 0 Å². The Morgan fingerprint density at radius 1 is 1.21 bits per heavy atom. The topological polar surface area (TPSA) is 30.5 Å². The van der Waals surface area contributed by atoms with Gasteiger partial charge in [0.1, 0.15) is 0 Å². The summed E-state index contributed by atoms with van der Waals surface area (Å²) < 4.78 is 10.5. The van der Waals surface area contributed by atoms with Crippen molar-refractivity contribution in [2.45, 2.75) is 44.2 Å². The van der Waals surface area contributed by atoms with Crippen LogP contribution in [0.25, 0.3) is 0 Å². The third kappa shape index (κ3) is 3.95. The molecule has 1 N–H and O–H groups in total. The molecular formula is C11H23NO2. The third-order valence-corrected chi connectivity index (χ3v) is 2.94. The van der Waals surface area contributed by atoms with Crippen molar-refractivity contribution in [2.24, 2.45) is 0 Å². The Hall–Kier alpha value is -0.120. The number of nitrogens with one attached hydrogen (secondary N) is 1. The van der Waals surface area contributed by atoms with Crippen LogP contribution in [-0.4, -0.2) is 39.5 Å². The van der Waals surface area contributed by atoms with E-state index in [1.807, 2.05) is 7.11 Å². The fourth-order valence-corrected chi connectivity index (χ4v) is 2.12. The Morgan fingerprint density at radius 3 is 2.71 bits per heavy atom. The second kappa shape index (κ2) is 7.21. The van der Waals surface area contributed by atoms with Gasteiger partial charge in [-0.05, 0) is 25.8 Å². The predicted octanol–water partition coefficient (Wildman–Crippen LogP) is 1.57. The highest BCUT2D eigenvalue weighted by Gasteiger charge is 2.23. The summed E-state index contributed by atoms with van der Waals surface area (Å²) in [6.45, 7) is 1.88. The number of hydrogen-bond acceptors (Lipinski definition) is 3. The van der Waals surface area contributed by atoms with Crippen LogP contribution in [-0.2, 0) is 9.47 Å². The Bertz CT molecular complexity index is 141. The Balaban J connectivity index is 2.13. The van der Waals surface area contributed by atoms with Crippen molar-refractivity contribution in [1.82, 2.24) is 5.32 Å². The molecule has 0 heterocycles. The predicted molar refractivity (Wildman–Crippen MR) is 57.5 cm³/mol. The van der Waals surface area contributed by atoms with E-state index < -0.39 is 0 Å². The first-order valence-corrected chi connectivity index (χ1v) is 5.63. The van der Waals surface area contributed by atoms with Crippen molar-refractivity contribution in [2.75, 3.05) is 27.4 Å². The molecule has 1 rings (SSSR count). The molecule has 2 unspecified atom stereocenters. The zero-order valence-corrected chi connectivity index (χ0v) is 9.42. The Morgan fingerprint density at radius 2 is 2.00 bits per heavy atom. The molecule has 0 bridgehead atoms. The molecule has 0 saturated heterocycles. The molecule has 3 heteroatoms. The highest BCUT2D eigenvalue weighted by Crippen LogP contribution is 2.20. The molecule has 0 spiro atoms. The highest BCUT2D eigenvalue weighted by atomic mass is 16.5. The molecule has 2 atom stereocenters. The standard InChI is InChI=1S/C11H23NO2/c1-13-9-5-8-12-10-6-3-4-7-11(10)14-2/h10-12H,3-9H2,1-2H3. The first-order chi connectivity index (χ1) is 6.88. The van der Waals surface area contributed by atoms with Gasteiger partial charge in [-0.15, -0.1) is 0 Å². The third-order valence-electron chi connectivity index (χ3n) is 2.94. The minimum absolute atomic E-state index is 0.422. The van der Waals surface area contributed by atoms with Gasteiger partial charge in [0.15, 0.2) is 0 Å². The van der Waals surface area contributed by atoms with Gasteiger partial charge in [0.05, 0.1) is 6.10 Å². The van der Waals surface area contributed by atoms with Crippen LogP contribution in [0.1, 0.15) is 32.1 Å². The van der Waals surface area contributed by atoms with Gasteiger partial charge in [0.2, 0.25) is 0 Å². The fourth-order valence-electron chi connectivity index (χ4n) is 2.12. The molecule has 1 aliphatic carbocycles. The van der Waals surface area contributed by atoms with Gasteiger partial charge in [-0.3, -0.25) is 0 Å². The van der Waals surface area contributed by atoms with Crippen molar-refractivity contribution in [3.05, 3.63) is 0 Å². The lowest BCUT2D eigenvalue weighted by Gasteiger charge is -2.31. The largest absolute Gasteiger partial charge is 0.385 e. The van der Waals surface area contributed by atoms with Crippen molar-refractivity contribution < 1.29 is 9.47 Å². The smallest absolute Gasteiger partial charge is 0.0724 e. The van der Waals surface area contributed by atoms with Crippen molar-refractivity contribution in [1.29, 1.82) is 0 Å². The molecule has 0 aliphatic heterocycles. The van der Waals surface area contributed by atoms with E-state index in [1.54, 1.807) is 7.11 Å². The quantitative estimate of drug-likeness (QED) is 0.662. The molecule has 14 heavy (non-hydrogen) atoms. The normalized spacial score (nSPS) is 27.9. The van der Waals surface area contributed by atoms with E-state index in [0.717, 1.165) is 19.6 Å². The minimum atomic E-state index is 0.422. The average Bonchev–Trinajstić information content (AvgIpc) is 2.25. The number of methoxy groups -OCH3 is 2. The zero-order valence-electron chi connectivity index (χ0n) is 9.42. The molecule has 3 nitrogen and oxygen atoms in total. The van der Waals surface area contributed by atoms with Crippen molar-refractivity contribution in [3.8, 4) is 0 Å². The van der Waals surface area contributed by atoms with Crippen LogP contribution in [0.3, 0.4) is 0 Å². The summed E-state index contributed by atoms with van der Waals surface area (Å²) in [5.74, 6) is 0. The second-order valence-electron chi connectivity index (χ2n) is 3.97. The van der Waals surface area contributed by atoms with E-state index in [1.165, 1.54) is 25.7 Å². The van der Waals surface area contributed by atoms with Gasteiger partial charge in [-0.2, -0.15) is 0 Å². The fraction of sp³-hybridized carbons (Fsp3) is 1.00. The highest BCUT2D eigenvalue weighted by molar-refractivity contribution is 4.81. The monoisotopic (exact) mass is 201 g/mol. The maximum atomic E-state index is 5.47. The van der Waals surface area contributed by atoms with E-state index in [0.29, 0.717) is 12.1 Å². The lowest BCUT2D eigenvalue weighted by molar-refractivity contribution is 0.0412. The van der Waals surface area contributed by atoms with Crippen LogP contribution >= 0.6 is 0 Å². The zero-order chi connectivity index (χ0) is 10.2. The molecule has 0 aromatic heterocycles. The summed E-state index contributed by atoms with van der Waals surface area (Å²) >= 11 is 0. The lowest BCUT2D eigenvalue weighted by Crippen LogP contribution is -2.43. The van der Waals surface area contributed by atoms with Gasteiger partial charge in [-0.1, -0.05) is 12.8 Å². The number of ether oxygens (including phenoxy) is 2. The molecule has 0 amide bonds. The SMILES string of the molecule is COCCCNC1CCCCC1OC. The molecule has 0 radical (unpaired) electrons. The maximum Gasteiger partial charge on any atom is 0.0724 e. The minimum Gasteiger partial charge on any atom is -0.385 e. The number of rotatable bonds is 6. The second-order valence-corrected chi connectivity index (χ2v) is 3.97. The van der Waals surface area contributed by atoms with Crippen LogP contribution in [0.4, 0.5) is 0 Å². The molecule has 1 fully saturated rings. The van der Waals surface area contributed by atoms with E-state index in [2.05, 4.69) is 5.32 Å². The van der Waals surface area contributed by atoms with Gasteiger partial charge < -0.3 is 14.8 Å². The molecular weight excluding hydrogens is 178 g/mol. The summed E-state index contributed by atoms with van der Waals surface area (Å²) in [6.07, 6.45) is 6.62. The lowest BCUT2D eigenvalue weighted by atomic mass is 9.92. The van der Waals surface area contributed by atoms with Gasteiger partial charge >= 0.3 is 0 Å². The molecule has 1 saturated carbocycles. The Kier molecular flexibility index (Phi) is 6.15. The summed E-state index contributed by atoms with van der Waals surface area (Å²) in [7, 11) is 3.57. The van der Waals surface area contributed by atoms with Crippen molar-refractivity contribution >= 4 is 0 Å². The van der Waals surface area contributed by atoms with Gasteiger partial charge in [0.25, 0.3) is 0 Å². The van der Waals surface area contributed by atoms with E-state index in [-0.39, 0.29) is 0 Å². The van der Waals surface area contributed by atoms with Crippen LogP contribution in [0.2, 0.25) is 0 Å².